The first-order chi connectivity index (χ1) is 11.9. The molecule has 8 heteroatoms. The molecular weight excluding hydrogens is 445 g/mol. The van der Waals surface area contributed by atoms with Gasteiger partial charge in [-0.3, -0.25) is 4.99 Å². The van der Waals surface area contributed by atoms with E-state index >= 15 is 0 Å². The summed E-state index contributed by atoms with van der Waals surface area (Å²) in [5.74, 6) is 3.13. The number of nitrogens with zero attached hydrogens (tertiary/aromatic N) is 3. The molecular formula is C18H32IN5O2. The Kier molecular flexibility index (Phi) is 7.29. The zero-order valence-corrected chi connectivity index (χ0v) is 18.7. The van der Waals surface area contributed by atoms with Crippen LogP contribution in [0.4, 0.5) is 0 Å². The first kappa shape index (κ1) is 21.4. The van der Waals surface area contributed by atoms with Crippen molar-refractivity contribution < 1.29 is 9.26 Å². The van der Waals surface area contributed by atoms with Gasteiger partial charge in [0.15, 0.2) is 11.8 Å². The van der Waals surface area contributed by atoms with E-state index in [1.54, 1.807) is 0 Å². The monoisotopic (exact) mass is 477 g/mol. The molecule has 2 N–H and O–H groups in total. The lowest BCUT2D eigenvalue weighted by Gasteiger charge is -2.54. The molecule has 0 aromatic carbocycles. The third-order valence-electron chi connectivity index (χ3n) is 5.33. The van der Waals surface area contributed by atoms with Crippen LogP contribution in [0.2, 0.25) is 0 Å². The molecule has 26 heavy (non-hydrogen) atoms. The van der Waals surface area contributed by atoms with Gasteiger partial charge in [-0.2, -0.15) is 4.98 Å². The zero-order valence-electron chi connectivity index (χ0n) is 16.4. The van der Waals surface area contributed by atoms with Crippen molar-refractivity contribution >= 4 is 29.9 Å². The van der Waals surface area contributed by atoms with E-state index in [9.17, 15) is 0 Å². The quantitative estimate of drug-likeness (QED) is 0.373. The molecule has 3 rings (SSSR count). The maximum absolute atomic E-state index is 5.87. The van der Waals surface area contributed by atoms with Crippen molar-refractivity contribution in [3.8, 4) is 0 Å². The standard InChI is InChI=1S/C18H31N5O2.HI/c1-6-19-17(20-9-7-13-21-16(11(2)3)23-25-13)22-14-12-8-10-24-15(12)18(14,4)5;/h11-12,14-15H,6-10H2,1-5H3,(H2,19,20,22);1H. The molecule has 1 aromatic rings. The second-order valence-corrected chi connectivity index (χ2v) is 7.90. The molecule has 7 nitrogen and oxygen atoms in total. The molecule has 1 saturated heterocycles. The molecule has 2 fully saturated rings. The van der Waals surface area contributed by atoms with Crippen LogP contribution in [0.5, 0.6) is 0 Å². The fourth-order valence-electron chi connectivity index (χ4n) is 3.95. The minimum atomic E-state index is 0. The van der Waals surface area contributed by atoms with Crippen molar-refractivity contribution in [1.82, 2.24) is 20.8 Å². The Labute approximate surface area is 173 Å². The Morgan fingerprint density at radius 3 is 2.81 bits per heavy atom. The van der Waals surface area contributed by atoms with E-state index in [-0.39, 0.29) is 35.3 Å². The predicted molar refractivity (Wildman–Crippen MR) is 112 cm³/mol. The molecule has 0 bridgehead atoms. The molecule has 148 valence electrons. The molecule has 0 radical (unpaired) electrons. The summed E-state index contributed by atoms with van der Waals surface area (Å²) in [5, 5.41) is 11.0. The van der Waals surface area contributed by atoms with Crippen molar-refractivity contribution in [3.63, 3.8) is 0 Å². The van der Waals surface area contributed by atoms with Gasteiger partial charge < -0.3 is 19.9 Å². The fraction of sp³-hybridized carbons (Fsp3) is 0.833. The van der Waals surface area contributed by atoms with Gasteiger partial charge in [0, 0.05) is 42.9 Å². The first-order valence-corrected chi connectivity index (χ1v) is 9.42. The number of aliphatic imine (C=N–C) groups is 1. The van der Waals surface area contributed by atoms with E-state index in [2.05, 4.69) is 55.4 Å². The summed E-state index contributed by atoms with van der Waals surface area (Å²) in [6.45, 7) is 13.1. The number of nitrogens with one attached hydrogen (secondary N) is 2. The smallest absolute Gasteiger partial charge is 0.228 e. The van der Waals surface area contributed by atoms with E-state index in [1.165, 1.54) is 0 Å². The minimum absolute atomic E-state index is 0. The van der Waals surface area contributed by atoms with Crippen LogP contribution in [0, 0.1) is 11.3 Å². The van der Waals surface area contributed by atoms with Gasteiger partial charge in [0.25, 0.3) is 0 Å². The Morgan fingerprint density at radius 2 is 2.15 bits per heavy atom. The lowest BCUT2D eigenvalue weighted by molar-refractivity contribution is -0.106. The summed E-state index contributed by atoms with van der Waals surface area (Å²) in [5.41, 5.74) is 0.135. The van der Waals surface area contributed by atoms with Gasteiger partial charge in [-0.05, 0) is 13.3 Å². The maximum Gasteiger partial charge on any atom is 0.228 e. The number of fused-ring (bicyclic) bond motifs is 1. The molecule has 3 atom stereocenters. The second kappa shape index (κ2) is 8.86. The minimum Gasteiger partial charge on any atom is -0.377 e. The lowest BCUT2D eigenvalue weighted by atomic mass is 9.57. The van der Waals surface area contributed by atoms with E-state index in [0.29, 0.717) is 36.9 Å². The molecule has 3 unspecified atom stereocenters. The summed E-state index contributed by atoms with van der Waals surface area (Å²) in [6.07, 6.45) is 2.16. The van der Waals surface area contributed by atoms with Crippen LogP contribution in [-0.4, -0.2) is 47.9 Å². The Morgan fingerprint density at radius 1 is 1.38 bits per heavy atom. The van der Waals surface area contributed by atoms with Crippen LogP contribution in [0.15, 0.2) is 9.52 Å². The van der Waals surface area contributed by atoms with Crippen LogP contribution in [0.3, 0.4) is 0 Å². The van der Waals surface area contributed by atoms with Gasteiger partial charge in [-0.15, -0.1) is 24.0 Å². The highest BCUT2D eigenvalue weighted by Gasteiger charge is 2.59. The SMILES string of the molecule is CCNC(=NCCc1nc(C(C)C)no1)NC1C2CCOC2C1(C)C.I. The number of halogens is 1. The number of aromatic nitrogens is 2. The van der Waals surface area contributed by atoms with E-state index in [0.717, 1.165) is 31.4 Å². The first-order valence-electron chi connectivity index (χ1n) is 9.42. The largest absolute Gasteiger partial charge is 0.377 e. The van der Waals surface area contributed by atoms with Crippen molar-refractivity contribution in [2.75, 3.05) is 19.7 Å². The third-order valence-corrected chi connectivity index (χ3v) is 5.33. The van der Waals surface area contributed by atoms with Gasteiger partial charge in [0.2, 0.25) is 5.89 Å². The van der Waals surface area contributed by atoms with Gasteiger partial charge in [0.1, 0.15) is 0 Å². The highest BCUT2D eigenvalue weighted by Crippen LogP contribution is 2.52. The number of hydrogen-bond acceptors (Lipinski definition) is 5. The van der Waals surface area contributed by atoms with Gasteiger partial charge in [0.05, 0.1) is 12.6 Å². The molecule has 2 heterocycles. The number of guanidine groups is 1. The Hall–Kier alpha value is -0.900. The molecule has 1 saturated carbocycles. The van der Waals surface area contributed by atoms with Crippen LogP contribution < -0.4 is 10.6 Å². The van der Waals surface area contributed by atoms with E-state index < -0.39 is 0 Å². The molecule has 0 spiro atoms. The summed E-state index contributed by atoms with van der Waals surface area (Å²) >= 11 is 0. The maximum atomic E-state index is 5.87. The van der Waals surface area contributed by atoms with Crippen molar-refractivity contribution in [3.05, 3.63) is 11.7 Å². The Balaban J connectivity index is 0.00000243. The molecule has 1 aliphatic carbocycles. The average Bonchev–Trinajstić information content (AvgIpc) is 3.20. The van der Waals surface area contributed by atoms with Crippen LogP contribution >= 0.6 is 24.0 Å². The van der Waals surface area contributed by atoms with E-state index in [4.69, 9.17) is 14.3 Å². The van der Waals surface area contributed by atoms with Gasteiger partial charge in [-0.25, -0.2) is 0 Å². The molecule has 0 amide bonds. The highest BCUT2D eigenvalue weighted by molar-refractivity contribution is 14.0. The normalized spacial score (nSPS) is 26.8. The van der Waals surface area contributed by atoms with Crippen molar-refractivity contribution in [2.24, 2.45) is 16.3 Å². The fourth-order valence-corrected chi connectivity index (χ4v) is 3.95. The van der Waals surface area contributed by atoms with Crippen molar-refractivity contribution in [2.45, 2.75) is 65.5 Å². The summed E-state index contributed by atoms with van der Waals surface area (Å²) in [7, 11) is 0. The highest BCUT2D eigenvalue weighted by atomic mass is 127. The number of hydrogen-bond donors (Lipinski definition) is 2. The lowest BCUT2D eigenvalue weighted by Crippen LogP contribution is -2.68. The van der Waals surface area contributed by atoms with E-state index in [1.807, 2.05) is 0 Å². The summed E-state index contributed by atoms with van der Waals surface area (Å²) < 4.78 is 11.2. The molecule has 1 aliphatic heterocycles. The van der Waals surface area contributed by atoms with Crippen LogP contribution in [-0.2, 0) is 11.2 Å². The number of ether oxygens (including phenoxy) is 1. The third kappa shape index (κ3) is 4.32. The predicted octanol–water partition coefficient (Wildman–Crippen LogP) is 2.72. The van der Waals surface area contributed by atoms with Crippen LogP contribution in [0.1, 0.15) is 58.7 Å². The Bertz CT molecular complexity index is 616. The van der Waals surface area contributed by atoms with Gasteiger partial charge in [-0.1, -0.05) is 32.9 Å². The molecule has 2 aliphatic rings. The summed E-state index contributed by atoms with van der Waals surface area (Å²) in [4.78, 5) is 9.09. The molecule has 1 aromatic heterocycles. The zero-order chi connectivity index (χ0) is 18.0. The average molecular weight is 477 g/mol. The number of rotatable bonds is 6. The topological polar surface area (TPSA) is 84.6 Å². The van der Waals surface area contributed by atoms with Crippen molar-refractivity contribution in [1.29, 1.82) is 0 Å². The van der Waals surface area contributed by atoms with Crippen LogP contribution in [0.25, 0.3) is 0 Å². The summed E-state index contributed by atoms with van der Waals surface area (Å²) in [6, 6.07) is 0.397. The van der Waals surface area contributed by atoms with Gasteiger partial charge >= 0.3 is 0 Å². The second-order valence-electron chi connectivity index (χ2n) is 7.90.